The molecule has 2 aromatic heterocycles. The number of benzene rings is 2. The Bertz CT molecular complexity index is 1300. The molecule has 172 valence electrons. The van der Waals surface area contributed by atoms with Gasteiger partial charge < -0.3 is 9.47 Å². The van der Waals surface area contributed by atoms with Crippen molar-refractivity contribution in [1.82, 2.24) is 19.3 Å². The van der Waals surface area contributed by atoms with Gasteiger partial charge in [-0.2, -0.15) is 18.3 Å². The number of carbonyl (C=O) groups excluding carboxylic acids is 1. The molecule has 0 saturated heterocycles. The predicted molar refractivity (Wildman–Crippen MR) is 116 cm³/mol. The van der Waals surface area contributed by atoms with Crippen LogP contribution in [0.15, 0.2) is 48.9 Å². The molecule has 0 N–H and O–H groups in total. The molecule has 0 unspecified atom stereocenters. The maximum atomic E-state index is 12.6. The molecule has 0 aliphatic carbocycles. The van der Waals surface area contributed by atoms with E-state index in [1.54, 1.807) is 27.7 Å². The number of imidazole rings is 1. The zero-order valence-electron chi connectivity index (χ0n) is 18.2. The zero-order valence-corrected chi connectivity index (χ0v) is 18.2. The van der Waals surface area contributed by atoms with E-state index < -0.39 is 24.8 Å². The second-order valence-corrected chi connectivity index (χ2v) is 7.45. The topological polar surface area (TPSA) is 71.2 Å². The van der Waals surface area contributed by atoms with Gasteiger partial charge in [0.15, 0.2) is 5.78 Å². The van der Waals surface area contributed by atoms with Crippen LogP contribution in [0.5, 0.6) is 11.5 Å². The number of hydrogen-bond acceptors (Lipinski definition) is 5. The van der Waals surface area contributed by atoms with Gasteiger partial charge in [-0.3, -0.25) is 9.36 Å². The molecular formula is C23H21F3N4O3. The van der Waals surface area contributed by atoms with Crippen LogP contribution in [-0.4, -0.2) is 45.5 Å². The summed E-state index contributed by atoms with van der Waals surface area (Å²) in [5.74, 6) is -0.453. The maximum Gasteiger partial charge on any atom is 0.389 e. The molecule has 4 rings (SSSR count). The van der Waals surface area contributed by atoms with Crippen LogP contribution in [0.4, 0.5) is 13.2 Å². The molecule has 33 heavy (non-hydrogen) atoms. The third-order valence-electron chi connectivity index (χ3n) is 5.20. The quantitative estimate of drug-likeness (QED) is 0.362. The molecule has 0 fully saturated rings. The molecule has 0 bridgehead atoms. The first kappa shape index (κ1) is 22.4. The summed E-state index contributed by atoms with van der Waals surface area (Å²) in [5.41, 5.74) is 3.80. The molecule has 0 aliphatic rings. The number of ether oxygens (including phenoxy) is 2. The number of hydrogen-bond donors (Lipinski definition) is 0. The zero-order chi connectivity index (χ0) is 23.8. The van der Waals surface area contributed by atoms with Gasteiger partial charge >= 0.3 is 6.18 Å². The SMILES string of the molecule is COc1cc(-n2cnc3cc(-n4ccc(C)n4)ccc32)cc(OC)c1C(=O)CCC(F)(F)F. The largest absolute Gasteiger partial charge is 0.496 e. The molecule has 0 saturated carbocycles. The second kappa shape index (κ2) is 8.61. The Labute approximate surface area is 187 Å². The molecule has 0 spiro atoms. The van der Waals surface area contributed by atoms with Gasteiger partial charge in [-0.15, -0.1) is 0 Å². The van der Waals surface area contributed by atoms with Gasteiger partial charge in [0.1, 0.15) is 23.4 Å². The molecular weight excluding hydrogens is 437 g/mol. The highest BCUT2D eigenvalue weighted by Gasteiger charge is 2.30. The van der Waals surface area contributed by atoms with Gasteiger partial charge in [0.2, 0.25) is 0 Å². The molecule has 7 nitrogen and oxygen atoms in total. The number of Topliss-reactive ketones (excluding diaryl/α,β-unsaturated/α-hetero) is 1. The lowest BCUT2D eigenvalue weighted by Crippen LogP contribution is -2.13. The number of carbonyl (C=O) groups is 1. The Kier molecular flexibility index (Phi) is 5.84. The number of halogens is 3. The molecule has 0 radical (unpaired) electrons. The van der Waals surface area contributed by atoms with Crippen LogP contribution in [0.2, 0.25) is 0 Å². The number of fused-ring (bicyclic) bond motifs is 1. The summed E-state index contributed by atoms with van der Waals surface area (Å²) >= 11 is 0. The fraction of sp³-hybridized carbons (Fsp3) is 0.261. The minimum Gasteiger partial charge on any atom is -0.496 e. The Morgan fingerprint density at radius 1 is 1.03 bits per heavy atom. The highest BCUT2D eigenvalue weighted by Crippen LogP contribution is 2.35. The molecule has 0 aliphatic heterocycles. The predicted octanol–water partition coefficient (Wildman–Crippen LogP) is 5.06. The van der Waals surface area contributed by atoms with Crippen LogP contribution in [0.1, 0.15) is 28.9 Å². The molecule has 10 heteroatoms. The second-order valence-electron chi connectivity index (χ2n) is 7.45. The van der Waals surface area contributed by atoms with E-state index in [0.717, 1.165) is 16.9 Å². The van der Waals surface area contributed by atoms with Crippen LogP contribution >= 0.6 is 0 Å². The van der Waals surface area contributed by atoms with Crippen LogP contribution in [0, 0.1) is 6.92 Å². The van der Waals surface area contributed by atoms with Gasteiger partial charge in [0.25, 0.3) is 0 Å². The summed E-state index contributed by atoms with van der Waals surface area (Å²) in [5, 5.41) is 4.40. The fourth-order valence-corrected chi connectivity index (χ4v) is 3.60. The van der Waals surface area contributed by atoms with E-state index in [9.17, 15) is 18.0 Å². The van der Waals surface area contributed by atoms with Crippen molar-refractivity contribution in [2.75, 3.05) is 14.2 Å². The number of aryl methyl sites for hydroxylation is 1. The van der Waals surface area contributed by atoms with E-state index >= 15 is 0 Å². The Morgan fingerprint density at radius 3 is 2.30 bits per heavy atom. The number of aromatic nitrogens is 4. The Balaban J connectivity index is 1.74. The smallest absolute Gasteiger partial charge is 0.389 e. The normalized spacial score (nSPS) is 11.7. The van der Waals surface area contributed by atoms with Crippen LogP contribution in [0.25, 0.3) is 22.4 Å². The number of nitrogens with zero attached hydrogens (tertiary/aromatic N) is 4. The van der Waals surface area contributed by atoms with Crippen molar-refractivity contribution in [2.24, 2.45) is 0 Å². The van der Waals surface area contributed by atoms with Crippen molar-refractivity contribution >= 4 is 16.8 Å². The van der Waals surface area contributed by atoms with E-state index in [2.05, 4.69) is 10.1 Å². The standard InChI is InChI=1S/C23H21F3N4O3/c1-14-7-9-30(28-14)15-4-5-18-17(10-15)27-13-29(18)16-11-20(32-2)22(21(12-16)33-3)19(31)6-8-23(24,25)26/h4-5,7,9-13H,6,8H2,1-3H3. The highest BCUT2D eigenvalue weighted by molar-refractivity contribution is 6.02. The Morgan fingerprint density at radius 2 is 1.73 bits per heavy atom. The molecule has 0 atom stereocenters. The summed E-state index contributed by atoms with van der Waals surface area (Å²) in [7, 11) is 2.70. The van der Waals surface area contributed by atoms with Crippen molar-refractivity contribution in [1.29, 1.82) is 0 Å². The minimum absolute atomic E-state index is 0.0197. The van der Waals surface area contributed by atoms with Gasteiger partial charge in [-0.05, 0) is 31.2 Å². The summed E-state index contributed by atoms with van der Waals surface area (Å²) < 4.78 is 52.0. The first-order valence-corrected chi connectivity index (χ1v) is 10.1. The van der Waals surface area contributed by atoms with Crippen LogP contribution < -0.4 is 9.47 Å². The van der Waals surface area contributed by atoms with Gasteiger partial charge in [-0.1, -0.05) is 0 Å². The van der Waals surface area contributed by atoms with E-state index in [-0.39, 0.29) is 17.1 Å². The first-order chi connectivity index (χ1) is 15.7. The number of ketones is 1. The van der Waals surface area contributed by atoms with Crippen LogP contribution in [-0.2, 0) is 0 Å². The first-order valence-electron chi connectivity index (χ1n) is 10.1. The number of alkyl halides is 3. The summed E-state index contributed by atoms with van der Waals surface area (Å²) in [6.07, 6.45) is -2.87. The summed E-state index contributed by atoms with van der Waals surface area (Å²) in [6, 6.07) is 10.7. The van der Waals surface area contributed by atoms with E-state index in [1.807, 2.05) is 37.4 Å². The number of methoxy groups -OCH3 is 2. The average molecular weight is 458 g/mol. The average Bonchev–Trinajstić information content (AvgIpc) is 3.41. The highest BCUT2D eigenvalue weighted by atomic mass is 19.4. The van der Waals surface area contributed by atoms with Crippen molar-refractivity contribution < 1.29 is 27.4 Å². The maximum absolute atomic E-state index is 12.6. The third kappa shape index (κ3) is 4.55. The van der Waals surface area contributed by atoms with E-state index in [1.165, 1.54) is 14.2 Å². The van der Waals surface area contributed by atoms with Gasteiger partial charge in [0.05, 0.1) is 48.7 Å². The van der Waals surface area contributed by atoms with Crippen molar-refractivity contribution in [3.63, 3.8) is 0 Å². The van der Waals surface area contributed by atoms with E-state index in [4.69, 9.17) is 9.47 Å². The number of rotatable bonds is 7. The van der Waals surface area contributed by atoms with Gasteiger partial charge in [0, 0.05) is 24.8 Å². The Hall–Kier alpha value is -3.82. The third-order valence-corrected chi connectivity index (χ3v) is 5.20. The molecule has 2 aromatic carbocycles. The lowest BCUT2D eigenvalue weighted by atomic mass is 10.0. The van der Waals surface area contributed by atoms with Crippen molar-refractivity contribution in [3.8, 4) is 22.9 Å². The molecule has 2 heterocycles. The van der Waals surface area contributed by atoms with Crippen molar-refractivity contribution in [3.05, 3.63) is 60.2 Å². The van der Waals surface area contributed by atoms with E-state index in [0.29, 0.717) is 11.2 Å². The molecule has 4 aromatic rings. The van der Waals surface area contributed by atoms with Crippen molar-refractivity contribution in [2.45, 2.75) is 25.9 Å². The van der Waals surface area contributed by atoms with Crippen LogP contribution in [0.3, 0.4) is 0 Å². The van der Waals surface area contributed by atoms with Gasteiger partial charge in [-0.25, -0.2) is 9.67 Å². The lowest BCUT2D eigenvalue weighted by molar-refractivity contribution is -0.133. The summed E-state index contributed by atoms with van der Waals surface area (Å²) in [6.45, 7) is 1.90. The minimum atomic E-state index is -4.43. The molecule has 0 amide bonds. The summed E-state index contributed by atoms with van der Waals surface area (Å²) in [4.78, 5) is 17.0. The fourth-order valence-electron chi connectivity index (χ4n) is 3.60. The monoisotopic (exact) mass is 458 g/mol. The lowest BCUT2D eigenvalue weighted by Gasteiger charge is -2.16.